The molecule has 1 aromatic carbocycles. The molecule has 0 radical (unpaired) electrons. The van der Waals surface area contributed by atoms with Crippen LogP contribution >= 0.6 is 0 Å². The summed E-state index contributed by atoms with van der Waals surface area (Å²) in [7, 11) is 3.55. The van der Waals surface area contributed by atoms with Crippen LogP contribution in [0.5, 0.6) is 5.75 Å². The van der Waals surface area contributed by atoms with Crippen molar-refractivity contribution in [2.24, 2.45) is 7.05 Å². The van der Waals surface area contributed by atoms with Gasteiger partial charge in [-0.3, -0.25) is 4.98 Å². The minimum Gasteiger partial charge on any atom is -0.507 e. The topological polar surface area (TPSA) is 96.6 Å². The first-order valence-corrected chi connectivity index (χ1v) is 8.74. The van der Waals surface area contributed by atoms with E-state index in [2.05, 4.69) is 10.3 Å². The summed E-state index contributed by atoms with van der Waals surface area (Å²) >= 11 is 0. The molecule has 0 saturated heterocycles. The molecule has 7 nitrogen and oxygen atoms in total. The third kappa shape index (κ3) is 3.15. The van der Waals surface area contributed by atoms with Gasteiger partial charge < -0.3 is 24.8 Å². The summed E-state index contributed by atoms with van der Waals surface area (Å²) in [6, 6.07) is 5.47. The Morgan fingerprint density at radius 3 is 2.78 bits per heavy atom. The summed E-state index contributed by atoms with van der Waals surface area (Å²) in [4.78, 5) is 16.7. The van der Waals surface area contributed by atoms with Crippen LogP contribution in [0.25, 0.3) is 22.0 Å². The van der Waals surface area contributed by atoms with Crippen molar-refractivity contribution in [2.45, 2.75) is 20.1 Å². The van der Waals surface area contributed by atoms with Crippen molar-refractivity contribution in [2.75, 3.05) is 13.7 Å². The highest BCUT2D eigenvalue weighted by atomic mass is 16.5. The zero-order valence-electron chi connectivity index (χ0n) is 15.6. The van der Waals surface area contributed by atoms with Crippen molar-refractivity contribution in [1.29, 1.82) is 0 Å². The highest BCUT2D eigenvalue weighted by Crippen LogP contribution is 2.41. The Bertz CT molecular complexity index is 980. The van der Waals surface area contributed by atoms with Crippen LogP contribution < -0.4 is 5.32 Å². The van der Waals surface area contributed by atoms with Gasteiger partial charge in [0.2, 0.25) is 0 Å². The van der Waals surface area contributed by atoms with Crippen LogP contribution in [0.1, 0.15) is 28.5 Å². The number of carbonyl (C=O) groups is 1. The average Bonchev–Trinajstić information content (AvgIpc) is 2.96. The number of ether oxygens (including phenoxy) is 1. The third-order valence-electron chi connectivity index (χ3n) is 4.64. The molecule has 2 heterocycles. The van der Waals surface area contributed by atoms with Crippen LogP contribution in [0.15, 0.2) is 30.6 Å². The van der Waals surface area contributed by atoms with E-state index in [1.54, 1.807) is 44.0 Å². The monoisotopic (exact) mass is 369 g/mol. The van der Waals surface area contributed by atoms with Gasteiger partial charge in [-0.15, -0.1) is 0 Å². The number of rotatable bonds is 6. The number of aliphatic hydroxyl groups excluding tert-OH is 1. The highest BCUT2D eigenvalue weighted by molar-refractivity contribution is 6.09. The van der Waals surface area contributed by atoms with Crippen molar-refractivity contribution < 1.29 is 19.7 Å². The number of aromatic nitrogens is 2. The van der Waals surface area contributed by atoms with Gasteiger partial charge in [0.25, 0.3) is 0 Å². The van der Waals surface area contributed by atoms with Crippen molar-refractivity contribution >= 4 is 16.9 Å². The minimum atomic E-state index is -0.516. The summed E-state index contributed by atoms with van der Waals surface area (Å²) in [5.41, 5.74) is 3.41. The maximum absolute atomic E-state index is 12.6. The molecule has 0 aliphatic heterocycles. The number of phenolic OH excluding ortho intramolecular Hbond substituents is 1. The van der Waals surface area contributed by atoms with E-state index in [1.165, 1.54) is 0 Å². The lowest BCUT2D eigenvalue weighted by atomic mass is 9.97. The minimum absolute atomic E-state index is 0.0745. The van der Waals surface area contributed by atoms with E-state index in [0.29, 0.717) is 28.8 Å². The molecule has 142 valence electrons. The van der Waals surface area contributed by atoms with Crippen molar-refractivity contribution in [1.82, 2.24) is 14.9 Å². The van der Waals surface area contributed by atoms with E-state index >= 15 is 0 Å². The zero-order chi connectivity index (χ0) is 19.6. The molecule has 0 aliphatic carbocycles. The Kier molecular flexibility index (Phi) is 5.43. The molecule has 0 aliphatic rings. The van der Waals surface area contributed by atoms with Gasteiger partial charge >= 0.3 is 5.97 Å². The fourth-order valence-electron chi connectivity index (χ4n) is 3.41. The number of fused-ring (bicyclic) bond motifs is 1. The van der Waals surface area contributed by atoms with Crippen molar-refractivity contribution in [3.63, 3.8) is 0 Å². The first-order chi connectivity index (χ1) is 13.0. The Balaban J connectivity index is 2.42. The molecule has 27 heavy (non-hydrogen) atoms. The van der Waals surface area contributed by atoms with E-state index in [9.17, 15) is 15.0 Å². The van der Waals surface area contributed by atoms with Gasteiger partial charge in [-0.2, -0.15) is 0 Å². The summed E-state index contributed by atoms with van der Waals surface area (Å²) < 4.78 is 6.97. The number of carbonyl (C=O) groups excluding carboxylic acids is 1. The van der Waals surface area contributed by atoms with Gasteiger partial charge in [0, 0.05) is 48.1 Å². The first-order valence-electron chi connectivity index (χ1n) is 8.74. The number of hydrogen-bond donors (Lipinski definition) is 3. The largest absolute Gasteiger partial charge is 0.507 e. The Morgan fingerprint density at radius 1 is 1.41 bits per heavy atom. The number of aryl methyl sites for hydroxylation is 1. The van der Waals surface area contributed by atoms with Crippen LogP contribution in [-0.2, 0) is 24.9 Å². The Hall–Kier alpha value is -2.90. The van der Waals surface area contributed by atoms with Gasteiger partial charge in [0.05, 0.1) is 30.0 Å². The zero-order valence-corrected chi connectivity index (χ0v) is 15.6. The molecule has 0 amide bonds. The highest BCUT2D eigenvalue weighted by Gasteiger charge is 2.27. The number of nitrogens with zero attached hydrogens (tertiary/aromatic N) is 2. The normalized spacial score (nSPS) is 11.1. The Morgan fingerprint density at radius 2 is 2.19 bits per heavy atom. The van der Waals surface area contributed by atoms with Crippen LogP contribution in [0.3, 0.4) is 0 Å². The predicted octanol–water partition coefficient (Wildman–Crippen LogP) is 2.33. The van der Waals surface area contributed by atoms with E-state index in [0.717, 1.165) is 11.1 Å². The van der Waals surface area contributed by atoms with E-state index in [1.807, 2.05) is 12.1 Å². The fraction of sp³-hybridized carbons (Fsp3) is 0.300. The number of pyridine rings is 1. The number of nitrogens with one attached hydrogen (secondary N) is 1. The van der Waals surface area contributed by atoms with Crippen LogP contribution in [0.4, 0.5) is 0 Å². The van der Waals surface area contributed by atoms with Crippen molar-refractivity contribution in [3.05, 3.63) is 47.4 Å². The van der Waals surface area contributed by atoms with Crippen LogP contribution in [0, 0.1) is 0 Å². The first kappa shape index (κ1) is 18.9. The van der Waals surface area contributed by atoms with Gasteiger partial charge in [-0.05, 0) is 26.1 Å². The second-order valence-electron chi connectivity index (χ2n) is 6.18. The Labute approximate surface area is 157 Å². The maximum atomic E-state index is 12.6. The molecule has 0 fully saturated rings. The lowest BCUT2D eigenvalue weighted by Crippen LogP contribution is -2.11. The number of aliphatic hydroxyl groups is 1. The molecule has 0 atom stereocenters. The maximum Gasteiger partial charge on any atom is 0.340 e. The van der Waals surface area contributed by atoms with E-state index in [4.69, 9.17) is 4.74 Å². The quantitative estimate of drug-likeness (QED) is 0.577. The predicted molar refractivity (Wildman–Crippen MR) is 102 cm³/mol. The molecule has 3 N–H and O–H groups in total. The van der Waals surface area contributed by atoms with Crippen molar-refractivity contribution in [3.8, 4) is 16.9 Å². The molecule has 7 heteroatoms. The fourth-order valence-corrected chi connectivity index (χ4v) is 3.41. The smallest absolute Gasteiger partial charge is 0.340 e. The van der Waals surface area contributed by atoms with Gasteiger partial charge in [-0.25, -0.2) is 4.79 Å². The number of hydrogen-bond acceptors (Lipinski definition) is 6. The summed E-state index contributed by atoms with van der Waals surface area (Å²) in [5, 5.41) is 24.5. The number of benzene rings is 1. The van der Waals surface area contributed by atoms with Gasteiger partial charge in [0.15, 0.2) is 0 Å². The van der Waals surface area contributed by atoms with Gasteiger partial charge in [0.1, 0.15) is 5.75 Å². The number of phenols is 1. The van der Waals surface area contributed by atoms with E-state index < -0.39 is 5.97 Å². The summed E-state index contributed by atoms with van der Waals surface area (Å²) in [5.74, 6) is -0.441. The SMILES string of the molecule is CCOC(=O)c1c(CO)n(C)c2cc(-c3cccnc3)c(O)c(CNC)c12. The molecular formula is C20H23N3O4. The van der Waals surface area contributed by atoms with Crippen LogP contribution in [0.2, 0.25) is 0 Å². The summed E-state index contributed by atoms with van der Waals surface area (Å²) in [6.07, 6.45) is 3.34. The number of esters is 1. The molecule has 0 saturated carbocycles. The molecule has 0 unspecified atom stereocenters. The molecule has 0 spiro atoms. The third-order valence-corrected chi connectivity index (χ3v) is 4.64. The van der Waals surface area contributed by atoms with E-state index in [-0.39, 0.29) is 24.5 Å². The standard InChI is InChI=1S/C20H23N3O4/c1-4-27-20(26)18-16(11-24)23(3)15-8-13(12-6-5-7-22-9-12)19(25)14(10-21-2)17(15)18/h5-9,21,24-25H,4,10-11H2,1-3H3. The summed E-state index contributed by atoms with van der Waals surface area (Å²) in [6.45, 7) is 1.98. The second-order valence-corrected chi connectivity index (χ2v) is 6.18. The van der Waals surface area contributed by atoms with Crippen LogP contribution in [-0.4, -0.2) is 39.4 Å². The molecule has 3 aromatic rings. The lowest BCUT2D eigenvalue weighted by molar-refractivity contribution is 0.0524. The molecule has 2 aromatic heterocycles. The lowest BCUT2D eigenvalue weighted by Gasteiger charge is -2.13. The molecule has 3 rings (SSSR count). The second kappa shape index (κ2) is 7.77. The average molecular weight is 369 g/mol. The number of aromatic hydroxyl groups is 1. The molecule has 0 bridgehead atoms. The molecular weight excluding hydrogens is 346 g/mol. The van der Waals surface area contributed by atoms with Gasteiger partial charge in [-0.1, -0.05) is 6.07 Å².